The smallest absolute Gasteiger partial charge is 0.306 e. The summed E-state index contributed by atoms with van der Waals surface area (Å²) in [6.07, 6.45) is 36.5. The summed E-state index contributed by atoms with van der Waals surface area (Å²) >= 11 is 1.93. The number of unbranched alkanes of at least 4 members (excludes halogenated alkanes) is 24. The fourth-order valence-corrected chi connectivity index (χ4v) is 5.78. The first kappa shape index (κ1) is 35.8. The Morgan fingerprint density at radius 2 is 0.778 bits per heavy atom. The Bertz CT molecular complexity index is 412. The lowest BCUT2D eigenvalue weighted by molar-refractivity contribution is -0.143. The van der Waals surface area contributed by atoms with E-state index in [0.29, 0.717) is 13.0 Å². The lowest BCUT2D eigenvalue weighted by Crippen LogP contribution is -2.07. The minimum atomic E-state index is 0.00630. The van der Waals surface area contributed by atoms with Crippen molar-refractivity contribution in [2.75, 3.05) is 18.1 Å². The molecule has 0 aliphatic heterocycles. The largest absolute Gasteiger partial charge is 0.466 e. The highest BCUT2D eigenvalue weighted by molar-refractivity contribution is 7.99. The standard InChI is InChI=1S/C33H66O2S/c1-3-5-7-9-11-13-15-17-19-21-23-25-27-30-35-33(34)29-32-36-31-28-26-24-22-20-18-16-14-12-10-8-6-4-2/h3-32H2,1-2H3. The molecule has 2 nitrogen and oxygen atoms in total. The van der Waals surface area contributed by atoms with Crippen LogP contribution >= 0.6 is 11.8 Å². The third kappa shape index (κ3) is 31.8. The summed E-state index contributed by atoms with van der Waals surface area (Å²) in [5, 5.41) is 0. The maximum Gasteiger partial charge on any atom is 0.306 e. The van der Waals surface area contributed by atoms with Gasteiger partial charge in [-0.05, 0) is 18.6 Å². The second-order valence-electron chi connectivity index (χ2n) is 11.1. The molecular weight excluding hydrogens is 460 g/mol. The number of hydrogen-bond acceptors (Lipinski definition) is 3. The first-order valence-electron chi connectivity index (χ1n) is 16.5. The zero-order valence-corrected chi connectivity index (χ0v) is 25.8. The molecule has 0 rings (SSSR count). The van der Waals surface area contributed by atoms with Crippen molar-refractivity contribution < 1.29 is 9.53 Å². The third-order valence-corrected chi connectivity index (χ3v) is 8.42. The van der Waals surface area contributed by atoms with Crippen LogP contribution in [0.3, 0.4) is 0 Å². The van der Waals surface area contributed by atoms with E-state index in [-0.39, 0.29) is 5.97 Å². The number of rotatable bonds is 31. The van der Waals surface area contributed by atoms with Gasteiger partial charge in [0.25, 0.3) is 0 Å². The number of ether oxygens (including phenoxy) is 1. The van der Waals surface area contributed by atoms with Crippen molar-refractivity contribution >= 4 is 17.7 Å². The second kappa shape index (κ2) is 32.8. The van der Waals surface area contributed by atoms with Crippen LogP contribution in [0.1, 0.15) is 187 Å². The van der Waals surface area contributed by atoms with Crippen molar-refractivity contribution in [1.82, 2.24) is 0 Å². The summed E-state index contributed by atoms with van der Waals surface area (Å²) in [7, 11) is 0. The minimum Gasteiger partial charge on any atom is -0.466 e. The summed E-state index contributed by atoms with van der Waals surface area (Å²) in [4.78, 5) is 11.9. The van der Waals surface area contributed by atoms with Crippen LogP contribution in [0.2, 0.25) is 0 Å². The van der Waals surface area contributed by atoms with Gasteiger partial charge in [0.15, 0.2) is 0 Å². The summed E-state index contributed by atoms with van der Waals surface area (Å²) in [5.41, 5.74) is 0. The molecule has 0 aliphatic carbocycles. The van der Waals surface area contributed by atoms with Crippen LogP contribution in [0, 0.1) is 0 Å². The van der Waals surface area contributed by atoms with Gasteiger partial charge in [-0.25, -0.2) is 0 Å². The molecule has 0 aliphatic rings. The van der Waals surface area contributed by atoms with E-state index in [9.17, 15) is 4.79 Å². The van der Waals surface area contributed by atoms with Crippen LogP contribution in [0.4, 0.5) is 0 Å². The molecule has 0 atom stereocenters. The Morgan fingerprint density at radius 3 is 1.17 bits per heavy atom. The lowest BCUT2D eigenvalue weighted by atomic mass is 10.0. The van der Waals surface area contributed by atoms with Gasteiger partial charge in [-0.15, -0.1) is 0 Å². The molecule has 36 heavy (non-hydrogen) atoms. The molecule has 0 unspecified atom stereocenters. The average molecular weight is 527 g/mol. The number of carbonyl (C=O) groups is 1. The van der Waals surface area contributed by atoms with E-state index >= 15 is 0 Å². The first-order valence-corrected chi connectivity index (χ1v) is 17.7. The Balaban J connectivity index is 3.14. The van der Waals surface area contributed by atoms with E-state index in [1.807, 2.05) is 11.8 Å². The van der Waals surface area contributed by atoms with E-state index in [1.165, 1.54) is 166 Å². The predicted octanol–water partition coefficient (Wildman–Crippen LogP) is 11.8. The van der Waals surface area contributed by atoms with Gasteiger partial charge in [-0.3, -0.25) is 4.79 Å². The summed E-state index contributed by atoms with van der Waals surface area (Å²) < 4.78 is 5.41. The predicted molar refractivity (Wildman–Crippen MR) is 164 cm³/mol. The van der Waals surface area contributed by atoms with Crippen LogP contribution in [0.25, 0.3) is 0 Å². The molecule has 0 heterocycles. The molecule has 0 saturated heterocycles. The van der Waals surface area contributed by atoms with Gasteiger partial charge < -0.3 is 4.74 Å². The zero-order valence-electron chi connectivity index (χ0n) is 24.9. The van der Waals surface area contributed by atoms with Gasteiger partial charge in [0, 0.05) is 5.75 Å². The zero-order chi connectivity index (χ0) is 26.2. The SMILES string of the molecule is CCCCCCCCCCCCCCCOC(=O)CCSCCCCCCCCCCCCCCC. The number of esters is 1. The van der Waals surface area contributed by atoms with E-state index in [0.717, 1.165) is 12.2 Å². The molecule has 0 fully saturated rings. The Labute approximate surface area is 232 Å². The Morgan fingerprint density at radius 1 is 0.444 bits per heavy atom. The van der Waals surface area contributed by atoms with E-state index in [1.54, 1.807) is 0 Å². The number of hydrogen-bond donors (Lipinski definition) is 0. The van der Waals surface area contributed by atoms with Crippen molar-refractivity contribution in [1.29, 1.82) is 0 Å². The molecule has 3 heteroatoms. The van der Waals surface area contributed by atoms with Crippen molar-refractivity contribution in [2.24, 2.45) is 0 Å². The maximum atomic E-state index is 11.9. The van der Waals surface area contributed by atoms with Crippen molar-refractivity contribution in [3.05, 3.63) is 0 Å². The topological polar surface area (TPSA) is 26.3 Å². The van der Waals surface area contributed by atoms with Crippen LogP contribution in [0.15, 0.2) is 0 Å². The quantitative estimate of drug-likeness (QED) is 0.0663. The molecule has 0 aromatic carbocycles. The fraction of sp³-hybridized carbons (Fsp3) is 0.970. The number of carbonyl (C=O) groups excluding carboxylic acids is 1. The Kier molecular flexibility index (Phi) is 32.7. The minimum absolute atomic E-state index is 0.00630. The molecule has 0 spiro atoms. The molecule has 0 saturated carbocycles. The van der Waals surface area contributed by atoms with Gasteiger partial charge in [0.1, 0.15) is 0 Å². The van der Waals surface area contributed by atoms with E-state index in [4.69, 9.17) is 4.74 Å². The molecule has 216 valence electrons. The summed E-state index contributed by atoms with van der Waals surface area (Å²) in [5.74, 6) is 2.13. The molecule has 0 aromatic rings. The highest BCUT2D eigenvalue weighted by Gasteiger charge is 2.03. The van der Waals surface area contributed by atoms with Crippen molar-refractivity contribution in [2.45, 2.75) is 187 Å². The third-order valence-electron chi connectivity index (χ3n) is 7.35. The van der Waals surface area contributed by atoms with Crippen LogP contribution in [-0.4, -0.2) is 24.1 Å². The van der Waals surface area contributed by atoms with Gasteiger partial charge in [0.05, 0.1) is 13.0 Å². The lowest BCUT2D eigenvalue weighted by Gasteiger charge is -2.06. The van der Waals surface area contributed by atoms with Crippen molar-refractivity contribution in [3.63, 3.8) is 0 Å². The molecule has 0 N–H and O–H groups in total. The van der Waals surface area contributed by atoms with Gasteiger partial charge in [0.2, 0.25) is 0 Å². The van der Waals surface area contributed by atoms with Gasteiger partial charge in [-0.2, -0.15) is 11.8 Å². The Hall–Kier alpha value is -0.180. The number of thioether (sulfide) groups is 1. The fourth-order valence-electron chi connectivity index (χ4n) is 4.86. The summed E-state index contributed by atoms with van der Waals surface area (Å²) in [6.45, 7) is 5.20. The highest BCUT2D eigenvalue weighted by Crippen LogP contribution is 2.15. The van der Waals surface area contributed by atoms with Crippen molar-refractivity contribution in [3.8, 4) is 0 Å². The highest BCUT2D eigenvalue weighted by atomic mass is 32.2. The first-order chi connectivity index (χ1) is 17.8. The molecule has 0 aromatic heterocycles. The average Bonchev–Trinajstić information content (AvgIpc) is 2.88. The normalized spacial score (nSPS) is 11.3. The monoisotopic (exact) mass is 526 g/mol. The van der Waals surface area contributed by atoms with Gasteiger partial charge in [-0.1, -0.05) is 168 Å². The van der Waals surface area contributed by atoms with E-state index < -0.39 is 0 Å². The van der Waals surface area contributed by atoms with Crippen LogP contribution in [-0.2, 0) is 9.53 Å². The maximum absolute atomic E-state index is 11.9. The molecule has 0 amide bonds. The molecule has 0 radical (unpaired) electrons. The van der Waals surface area contributed by atoms with Crippen LogP contribution < -0.4 is 0 Å². The molecular formula is C33H66O2S. The van der Waals surface area contributed by atoms with Crippen LogP contribution in [0.5, 0.6) is 0 Å². The summed E-state index contributed by atoms with van der Waals surface area (Å²) in [6, 6.07) is 0. The second-order valence-corrected chi connectivity index (χ2v) is 12.3. The molecule has 0 bridgehead atoms. The van der Waals surface area contributed by atoms with E-state index in [2.05, 4.69) is 13.8 Å². The van der Waals surface area contributed by atoms with Gasteiger partial charge >= 0.3 is 5.97 Å².